The number of sulfonamides is 1. The summed E-state index contributed by atoms with van der Waals surface area (Å²) in [6.45, 7) is 4.85. The largest absolute Gasteiger partial charge is 0.465 e. The molecule has 2 rings (SSSR count). The van der Waals surface area contributed by atoms with Gasteiger partial charge in [0, 0.05) is 24.7 Å². The third kappa shape index (κ3) is 2.87. The SMILES string of the molecule is Cc1oc(C)c(S(=O)(=O)N2CCS(=O)(=O)CC2C)c1CN. The summed E-state index contributed by atoms with van der Waals surface area (Å²) in [6.07, 6.45) is 0. The zero-order chi connectivity index (χ0) is 16.0. The zero-order valence-corrected chi connectivity index (χ0v) is 13.9. The van der Waals surface area contributed by atoms with E-state index in [1.807, 2.05) is 0 Å². The minimum Gasteiger partial charge on any atom is -0.465 e. The summed E-state index contributed by atoms with van der Waals surface area (Å²) in [5, 5.41) is 0. The van der Waals surface area contributed by atoms with Crippen molar-refractivity contribution in [2.75, 3.05) is 18.1 Å². The molecule has 1 saturated heterocycles. The van der Waals surface area contributed by atoms with Crippen molar-refractivity contribution in [3.05, 3.63) is 17.1 Å². The lowest BCUT2D eigenvalue weighted by molar-refractivity contribution is 0.355. The Labute approximate surface area is 125 Å². The molecule has 120 valence electrons. The summed E-state index contributed by atoms with van der Waals surface area (Å²) in [4.78, 5) is 0.0775. The van der Waals surface area contributed by atoms with Gasteiger partial charge in [-0.15, -0.1) is 0 Å². The molecule has 2 heterocycles. The first-order chi connectivity index (χ1) is 9.60. The molecular weight excluding hydrogens is 316 g/mol. The summed E-state index contributed by atoms with van der Waals surface area (Å²) >= 11 is 0. The maximum Gasteiger partial charge on any atom is 0.247 e. The lowest BCUT2D eigenvalue weighted by Crippen LogP contribution is -2.49. The average Bonchev–Trinajstić information content (AvgIpc) is 2.62. The van der Waals surface area contributed by atoms with E-state index in [1.165, 1.54) is 4.31 Å². The topological polar surface area (TPSA) is 111 Å². The standard InChI is InChI=1S/C12H20N2O5S2/c1-8-7-20(15,16)5-4-14(8)21(17,18)12-10(3)19-9(2)11(12)6-13/h8H,4-7,13H2,1-3H3. The number of rotatable bonds is 3. The van der Waals surface area contributed by atoms with E-state index in [1.54, 1.807) is 20.8 Å². The second kappa shape index (κ2) is 5.38. The van der Waals surface area contributed by atoms with Gasteiger partial charge in [0.2, 0.25) is 10.0 Å². The van der Waals surface area contributed by atoms with Crippen LogP contribution in [0.3, 0.4) is 0 Å². The highest BCUT2D eigenvalue weighted by Crippen LogP contribution is 2.31. The van der Waals surface area contributed by atoms with Crippen LogP contribution in [0.2, 0.25) is 0 Å². The lowest BCUT2D eigenvalue weighted by atomic mass is 10.2. The molecule has 1 unspecified atom stereocenters. The van der Waals surface area contributed by atoms with Crippen molar-refractivity contribution in [3.8, 4) is 0 Å². The van der Waals surface area contributed by atoms with Crippen LogP contribution in [0, 0.1) is 13.8 Å². The fourth-order valence-electron chi connectivity index (χ4n) is 2.74. The maximum atomic E-state index is 12.8. The van der Waals surface area contributed by atoms with Crippen molar-refractivity contribution in [2.24, 2.45) is 5.73 Å². The highest BCUT2D eigenvalue weighted by atomic mass is 32.2. The van der Waals surface area contributed by atoms with E-state index in [0.29, 0.717) is 11.3 Å². The Morgan fingerprint density at radius 3 is 2.48 bits per heavy atom. The van der Waals surface area contributed by atoms with Crippen molar-refractivity contribution >= 4 is 19.9 Å². The number of hydrogen-bond donors (Lipinski definition) is 1. The fraction of sp³-hybridized carbons (Fsp3) is 0.667. The Bertz CT molecular complexity index is 749. The summed E-state index contributed by atoms with van der Waals surface area (Å²) < 4.78 is 55.5. The van der Waals surface area contributed by atoms with Crippen molar-refractivity contribution in [1.29, 1.82) is 0 Å². The van der Waals surface area contributed by atoms with Crippen LogP contribution in [-0.2, 0) is 26.4 Å². The highest BCUT2D eigenvalue weighted by molar-refractivity contribution is 7.92. The smallest absolute Gasteiger partial charge is 0.247 e. The molecule has 1 aliphatic rings. The first kappa shape index (κ1) is 16.5. The molecule has 1 aromatic rings. The molecule has 1 aromatic heterocycles. The van der Waals surface area contributed by atoms with E-state index >= 15 is 0 Å². The summed E-state index contributed by atoms with van der Waals surface area (Å²) in [5.41, 5.74) is 6.08. The average molecular weight is 336 g/mol. The lowest BCUT2D eigenvalue weighted by Gasteiger charge is -2.32. The maximum absolute atomic E-state index is 12.8. The third-order valence-electron chi connectivity index (χ3n) is 3.71. The molecule has 21 heavy (non-hydrogen) atoms. The number of nitrogens with two attached hydrogens (primary N) is 1. The van der Waals surface area contributed by atoms with Crippen LogP contribution in [0.4, 0.5) is 0 Å². The van der Waals surface area contributed by atoms with E-state index in [9.17, 15) is 16.8 Å². The second-order valence-corrected chi connectivity index (χ2v) is 9.36. The molecule has 0 spiro atoms. The molecule has 9 heteroatoms. The number of aryl methyl sites for hydroxylation is 2. The van der Waals surface area contributed by atoms with Crippen LogP contribution in [-0.4, -0.2) is 45.2 Å². The van der Waals surface area contributed by atoms with Gasteiger partial charge in [-0.1, -0.05) is 0 Å². The number of hydrogen-bond acceptors (Lipinski definition) is 6. The molecule has 2 N–H and O–H groups in total. The number of furan rings is 1. The molecule has 1 atom stereocenters. The van der Waals surface area contributed by atoms with Gasteiger partial charge in [0.25, 0.3) is 0 Å². The van der Waals surface area contributed by atoms with Crippen molar-refractivity contribution < 1.29 is 21.3 Å². The normalized spacial score (nSPS) is 23.3. The van der Waals surface area contributed by atoms with Crippen LogP contribution >= 0.6 is 0 Å². The van der Waals surface area contributed by atoms with Gasteiger partial charge < -0.3 is 10.2 Å². The van der Waals surface area contributed by atoms with Crippen LogP contribution in [0.1, 0.15) is 24.0 Å². The van der Waals surface area contributed by atoms with Crippen molar-refractivity contribution in [3.63, 3.8) is 0 Å². The Morgan fingerprint density at radius 1 is 1.33 bits per heavy atom. The highest BCUT2D eigenvalue weighted by Gasteiger charge is 2.39. The first-order valence-corrected chi connectivity index (χ1v) is 9.87. The Morgan fingerprint density at radius 2 is 1.95 bits per heavy atom. The Kier molecular flexibility index (Phi) is 4.22. The summed E-state index contributed by atoms with van der Waals surface area (Å²) in [7, 11) is -7.00. The van der Waals surface area contributed by atoms with Crippen LogP contribution in [0.25, 0.3) is 0 Å². The van der Waals surface area contributed by atoms with Crippen molar-refractivity contribution in [1.82, 2.24) is 4.31 Å². The van der Waals surface area contributed by atoms with Gasteiger partial charge in [0.05, 0.1) is 11.5 Å². The van der Waals surface area contributed by atoms with E-state index in [2.05, 4.69) is 0 Å². The predicted molar refractivity (Wildman–Crippen MR) is 78.1 cm³/mol. The first-order valence-electron chi connectivity index (χ1n) is 6.61. The van der Waals surface area contributed by atoms with Gasteiger partial charge >= 0.3 is 0 Å². The van der Waals surface area contributed by atoms with E-state index in [-0.39, 0.29) is 35.3 Å². The molecule has 1 fully saturated rings. The summed E-state index contributed by atoms with van der Waals surface area (Å²) in [5.74, 6) is 0.434. The molecule has 7 nitrogen and oxygen atoms in total. The van der Waals surface area contributed by atoms with Crippen LogP contribution in [0.5, 0.6) is 0 Å². The van der Waals surface area contributed by atoms with Gasteiger partial charge in [0.15, 0.2) is 9.84 Å². The molecule has 1 aliphatic heterocycles. The van der Waals surface area contributed by atoms with Crippen LogP contribution in [0.15, 0.2) is 9.31 Å². The van der Waals surface area contributed by atoms with Gasteiger partial charge in [-0.05, 0) is 20.8 Å². The Balaban J connectivity index is 2.49. The molecule has 0 bridgehead atoms. The second-order valence-electron chi connectivity index (χ2n) is 5.31. The van der Waals surface area contributed by atoms with E-state index < -0.39 is 25.9 Å². The van der Waals surface area contributed by atoms with Gasteiger partial charge in [0.1, 0.15) is 16.4 Å². The van der Waals surface area contributed by atoms with E-state index in [4.69, 9.17) is 10.2 Å². The van der Waals surface area contributed by atoms with Gasteiger partial charge in [-0.25, -0.2) is 16.8 Å². The molecular formula is C12H20N2O5S2. The third-order valence-corrected chi connectivity index (χ3v) is 7.71. The monoisotopic (exact) mass is 336 g/mol. The quantitative estimate of drug-likeness (QED) is 0.842. The van der Waals surface area contributed by atoms with Crippen molar-refractivity contribution in [2.45, 2.75) is 38.3 Å². The fourth-order valence-corrected chi connectivity index (χ4v) is 6.57. The van der Waals surface area contributed by atoms with Crippen LogP contribution < -0.4 is 5.73 Å². The molecule has 0 amide bonds. The van der Waals surface area contributed by atoms with E-state index in [0.717, 1.165) is 0 Å². The molecule has 0 saturated carbocycles. The molecule has 0 aliphatic carbocycles. The minimum absolute atomic E-state index is 0.0422. The zero-order valence-electron chi connectivity index (χ0n) is 12.3. The number of nitrogens with zero attached hydrogens (tertiary/aromatic N) is 1. The van der Waals surface area contributed by atoms with Gasteiger partial charge in [-0.3, -0.25) is 0 Å². The van der Waals surface area contributed by atoms with Gasteiger partial charge in [-0.2, -0.15) is 4.31 Å². The molecule has 0 radical (unpaired) electrons. The molecule has 0 aromatic carbocycles. The Hall–Kier alpha value is -0.900. The summed E-state index contributed by atoms with van der Waals surface area (Å²) in [6, 6.07) is -0.603. The number of sulfone groups is 1. The minimum atomic E-state index is -3.82. The predicted octanol–water partition coefficient (Wildman–Crippen LogP) is 0.163.